The highest BCUT2D eigenvalue weighted by Crippen LogP contribution is 2.10. The van der Waals surface area contributed by atoms with Crippen LogP contribution in [-0.4, -0.2) is 20.9 Å². The molecule has 17 heavy (non-hydrogen) atoms. The number of aromatic nitrogens is 3. The second kappa shape index (κ2) is 5.16. The van der Waals surface area contributed by atoms with Gasteiger partial charge < -0.3 is 5.32 Å². The molecule has 0 unspecified atom stereocenters. The summed E-state index contributed by atoms with van der Waals surface area (Å²) >= 11 is 0. The van der Waals surface area contributed by atoms with Gasteiger partial charge in [-0.2, -0.15) is 0 Å². The summed E-state index contributed by atoms with van der Waals surface area (Å²) in [5.74, 6) is -0.234. The molecular weight excluding hydrogens is 216 g/mol. The Kier molecular flexibility index (Phi) is 3.40. The van der Waals surface area contributed by atoms with Gasteiger partial charge in [-0.15, -0.1) is 0 Å². The molecule has 0 radical (unpaired) electrons. The number of pyridine rings is 1. The molecule has 2 aromatic heterocycles. The molecule has 5 nitrogen and oxygen atoms in total. The third kappa shape index (κ3) is 2.84. The fourth-order valence-corrected chi connectivity index (χ4v) is 1.42. The van der Waals surface area contributed by atoms with Gasteiger partial charge in [-0.3, -0.25) is 14.8 Å². The van der Waals surface area contributed by atoms with E-state index in [-0.39, 0.29) is 11.9 Å². The van der Waals surface area contributed by atoms with Crippen molar-refractivity contribution in [2.24, 2.45) is 0 Å². The van der Waals surface area contributed by atoms with Crippen LogP contribution < -0.4 is 5.32 Å². The molecular formula is C12H12N4O. The maximum Gasteiger partial charge on any atom is 0.271 e. The fraction of sp³-hybridized carbons (Fsp3) is 0.167. The van der Waals surface area contributed by atoms with Crippen LogP contribution in [0.4, 0.5) is 0 Å². The van der Waals surface area contributed by atoms with E-state index in [0.29, 0.717) is 5.69 Å². The number of hydrogen-bond acceptors (Lipinski definition) is 4. The predicted octanol–water partition coefficient (Wildman–Crippen LogP) is 1.36. The summed E-state index contributed by atoms with van der Waals surface area (Å²) in [5.41, 5.74) is 1.31. The van der Waals surface area contributed by atoms with E-state index in [1.54, 1.807) is 12.4 Å². The van der Waals surface area contributed by atoms with E-state index in [9.17, 15) is 4.79 Å². The van der Waals surface area contributed by atoms with Crippen molar-refractivity contribution in [1.82, 2.24) is 20.3 Å². The first kappa shape index (κ1) is 11.2. The van der Waals surface area contributed by atoms with Crippen molar-refractivity contribution in [3.8, 4) is 0 Å². The topological polar surface area (TPSA) is 67.8 Å². The zero-order valence-electron chi connectivity index (χ0n) is 9.37. The fourth-order valence-electron chi connectivity index (χ4n) is 1.42. The van der Waals surface area contributed by atoms with Crippen molar-refractivity contribution in [2.45, 2.75) is 13.0 Å². The van der Waals surface area contributed by atoms with Gasteiger partial charge in [0.2, 0.25) is 0 Å². The van der Waals surface area contributed by atoms with Gasteiger partial charge in [-0.05, 0) is 24.6 Å². The van der Waals surface area contributed by atoms with E-state index < -0.39 is 0 Å². The van der Waals surface area contributed by atoms with Crippen LogP contribution in [-0.2, 0) is 0 Å². The number of carbonyl (C=O) groups is 1. The Labute approximate surface area is 99.0 Å². The van der Waals surface area contributed by atoms with Gasteiger partial charge >= 0.3 is 0 Å². The van der Waals surface area contributed by atoms with Crippen molar-refractivity contribution in [2.75, 3.05) is 0 Å². The van der Waals surface area contributed by atoms with Crippen molar-refractivity contribution >= 4 is 5.91 Å². The Hall–Kier alpha value is -2.30. The summed E-state index contributed by atoms with van der Waals surface area (Å²) in [7, 11) is 0. The SMILES string of the molecule is C[C@@H](NC(=O)c1cnccn1)c1ccncc1. The van der Waals surface area contributed by atoms with Gasteiger partial charge in [0.1, 0.15) is 5.69 Å². The second-order valence-electron chi connectivity index (χ2n) is 3.57. The molecule has 1 atom stereocenters. The van der Waals surface area contributed by atoms with Gasteiger partial charge in [0.05, 0.1) is 12.2 Å². The minimum atomic E-state index is -0.234. The lowest BCUT2D eigenvalue weighted by molar-refractivity contribution is 0.0934. The molecule has 0 aliphatic heterocycles. The van der Waals surface area contributed by atoms with Gasteiger partial charge in [0.25, 0.3) is 5.91 Å². The summed E-state index contributed by atoms with van der Waals surface area (Å²) in [5, 5.41) is 2.84. The summed E-state index contributed by atoms with van der Waals surface area (Å²) < 4.78 is 0. The van der Waals surface area contributed by atoms with Crippen LogP contribution in [0.1, 0.15) is 29.0 Å². The normalized spacial score (nSPS) is 11.8. The first-order chi connectivity index (χ1) is 8.27. The van der Waals surface area contributed by atoms with Gasteiger partial charge in [0.15, 0.2) is 0 Å². The van der Waals surface area contributed by atoms with E-state index in [2.05, 4.69) is 20.3 Å². The van der Waals surface area contributed by atoms with Crippen molar-refractivity contribution in [1.29, 1.82) is 0 Å². The van der Waals surface area contributed by atoms with E-state index in [1.807, 2.05) is 19.1 Å². The molecule has 5 heteroatoms. The number of amides is 1. The maximum atomic E-state index is 11.8. The lowest BCUT2D eigenvalue weighted by atomic mass is 10.1. The standard InChI is InChI=1S/C12H12N4O/c1-9(10-2-4-13-5-3-10)16-12(17)11-8-14-6-7-15-11/h2-9H,1H3,(H,16,17)/t9-/m1/s1. The number of rotatable bonds is 3. The lowest BCUT2D eigenvalue weighted by Gasteiger charge is -2.13. The van der Waals surface area contributed by atoms with Crippen molar-refractivity contribution < 1.29 is 4.79 Å². The zero-order chi connectivity index (χ0) is 12.1. The second-order valence-corrected chi connectivity index (χ2v) is 3.57. The molecule has 2 rings (SSSR count). The van der Waals surface area contributed by atoms with Crippen molar-refractivity contribution in [3.05, 3.63) is 54.4 Å². The third-order valence-electron chi connectivity index (χ3n) is 2.35. The highest BCUT2D eigenvalue weighted by Gasteiger charge is 2.11. The molecule has 0 saturated heterocycles. The van der Waals surface area contributed by atoms with Crippen LogP contribution in [0.5, 0.6) is 0 Å². The minimum absolute atomic E-state index is 0.0903. The summed E-state index contributed by atoms with van der Waals surface area (Å²) in [6, 6.07) is 3.64. The van der Waals surface area contributed by atoms with Gasteiger partial charge in [-0.1, -0.05) is 0 Å². The number of carbonyl (C=O) groups excluding carboxylic acids is 1. The first-order valence-electron chi connectivity index (χ1n) is 5.24. The molecule has 0 aliphatic carbocycles. The van der Waals surface area contributed by atoms with Gasteiger partial charge in [0, 0.05) is 24.8 Å². The highest BCUT2D eigenvalue weighted by atomic mass is 16.1. The highest BCUT2D eigenvalue weighted by molar-refractivity contribution is 5.92. The quantitative estimate of drug-likeness (QED) is 0.861. The number of hydrogen-bond donors (Lipinski definition) is 1. The van der Waals surface area contributed by atoms with E-state index in [1.165, 1.54) is 18.6 Å². The van der Waals surface area contributed by atoms with Crippen molar-refractivity contribution in [3.63, 3.8) is 0 Å². The molecule has 0 aromatic carbocycles. The minimum Gasteiger partial charge on any atom is -0.344 e. The molecule has 1 amide bonds. The molecule has 0 fully saturated rings. The van der Waals surface area contributed by atoms with E-state index >= 15 is 0 Å². The summed E-state index contributed by atoms with van der Waals surface area (Å²) in [4.78, 5) is 23.5. The molecule has 1 N–H and O–H groups in total. The van der Waals surface area contributed by atoms with Crippen LogP contribution in [0.3, 0.4) is 0 Å². The monoisotopic (exact) mass is 228 g/mol. The summed E-state index contributed by atoms with van der Waals surface area (Å²) in [6.45, 7) is 1.91. The number of nitrogens with one attached hydrogen (secondary N) is 1. The third-order valence-corrected chi connectivity index (χ3v) is 2.35. The Bertz CT molecular complexity index is 486. The smallest absolute Gasteiger partial charge is 0.271 e. The Morgan fingerprint density at radius 3 is 2.59 bits per heavy atom. The van der Waals surface area contributed by atoms with Crippen LogP contribution in [0.15, 0.2) is 43.1 Å². The van der Waals surface area contributed by atoms with Gasteiger partial charge in [-0.25, -0.2) is 4.98 Å². The lowest BCUT2D eigenvalue weighted by Crippen LogP contribution is -2.27. The molecule has 0 spiro atoms. The van der Waals surface area contributed by atoms with E-state index in [0.717, 1.165) is 5.56 Å². The Morgan fingerprint density at radius 2 is 1.94 bits per heavy atom. The molecule has 0 bridgehead atoms. The van der Waals surface area contributed by atoms with E-state index in [4.69, 9.17) is 0 Å². The van der Waals surface area contributed by atoms with Crippen LogP contribution in [0, 0.1) is 0 Å². The Morgan fingerprint density at radius 1 is 1.18 bits per heavy atom. The molecule has 2 heterocycles. The molecule has 2 aromatic rings. The predicted molar refractivity (Wildman–Crippen MR) is 62.2 cm³/mol. The largest absolute Gasteiger partial charge is 0.344 e. The summed E-state index contributed by atoms with van der Waals surface area (Å²) in [6.07, 6.45) is 7.85. The van der Waals surface area contributed by atoms with Crippen LogP contribution in [0.2, 0.25) is 0 Å². The average Bonchev–Trinajstić information content (AvgIpc) is 2.40. The molecule has 0 saturated carbocycles. The first-order valence-corrected chi connectivity index (χ1v) is 5.24. The van der Waals surface area contributed by atoms with Crippen LogP contribution in [0.25, 0.3) is 0 Å². The molecule has 86 valence electrons. The zero-order valence-corrected chi connectivity index (χ0v) is 9.37. The average molecular weight is 228 g/mol. The Balaban J connectivity index is 2.05. The van der Waals surface area contributed by atoms with Crippen LogP contribution >= 0.6 is 0 Å². The number of nitrogens with zero attached hydrogens (tertiary/aromatic N) is 3. The molecule has 0 aliphatic rings. The maximum absolute atomic E-state index is 11.8.